The van der Waals surface area contributed by atoms with E-state index < -0.39 is 0 Å². The zero-order valence-corrected chi connectivity index (χ0v) is 10.8. The number of ether oxygens (including phenoxy) is 1. The largest absolute Gasteiger partial charge is 0.487 e. The van der Waals surface area contributed by atoms with Gasteiger partial charge in [0.15, 0.2) is 0 Å². The minimum absolute atomic E-state index is 0.0487. The van der Waals surface area contributed by atoms with Crippen molar-refractivity contribution >= 4 is 17.5 Å². The Hall–Kier alpha value is -1.29. The lowest BCUT2D eigenvalue weighted by atomic mass is 10.3. The van der Waals surface area contributed by atoms with Gasteiger partial charge in [0.25, 0.3) is 0 Å². The molecule has 96 valence electrons. The summed E-state index contributed by atoms with van der Waals surface area (Å²) in [6, 6.07) is 1.76. The molecule has 18 heavy (non-hydrogen) atoms. The third-order valence-corrected chi connectivity index (χ3v) is 3.70. The molecule has 0 radical (unpaired) electrons. The van der Waals surface area contributed by atoms with Gasteiger partial charge in [-0.05, 0) is 12.8 Å². The van der Waals surface area contributed by atoms with E-state index in [1.54, 1.807) is 18.5 Å². The zero-order chi connectivity index (χ0) is 12.5. The van der Waals surface area contributed by atoms with Crippen LogP contribution in [0, 0.1) is 5.92 Å². The summed E-state index contributed by atoms with van der Waals surface area (Å²) in [4.78, 5) is 17.7. The van der Waals surface area contributed by atoms with Gasteiger partial charge in [-0.25, -0.2) is 0 Å². The van der Waals surface area contributed by atoms with Gasteiger partial charge in [-0.3, -0.25) is 9.78 Å². The Morgan fingerprint density at radius 2 is 2.28 bits per heavy atom. The monoisotopic (exact) mass is 266 g/mol. The van der Waals surface area contributed by atoms with E-state index in [-0.39, 0.29) is 12.0 Å². The molecule has 1 aromatic heterocycles. The second-order valence-corrected chi connectivity index (χ2v) is 5.30. The summed E-state index contributed by atoms with van der Waals surface area (Å²) in [6.45, 7) is 1.47. The summed E-state index contributed by atoms with van der Waals surface area (Å²) < 4.78 is 5.82. The highest BCUT2D eigenvalue weighted by molar-refractivity contribution is 6.31. The molecule has 0 aromatic carbocycles. The van der Waals surface area contributed by atoms with Crippen LogP contribution in [-0.4, -0.2) is 35.0 Å². The summed E-state index contributed by atoms with van der Waals surface area (Å²) >= 11 is 5.99. The molecule has 0 spiro atoms. The molecule has 0 N–H and O–H groups in total. The molecule has 5 heteroatoms. The molecule has 0 bridgehead atoms. The van der Waals surface area contributed by atoms with Crippen molar-refractivity contribution in [2.24, 2.45) is 5.92 Å². The number of halogens is 1. The van der Waals surface area contributed by atoms with Crippen molar-refractivity contribution in [3.05, 3.63) is 23.5 Å². The second kappa shape index (κ2) is 4.76. The number of carbonyl (C=O) groups excluding carboxylic acids is 1. The van der Waals surface area contributed by atoms with Crippen LogP contribution in [0.3, 0.4) is 0 Å². The fourth-order valence-electron chi connectivity index (χ4n) is 2.25. The fourth-order valence-corrected chi connectivity index (χ4v) is 2.41. The Morgan fingerprint density at radius 1 is 1.44 bits per heavy atom. The molecule has 1 aliphatic heterocycles. The van der Waals surface area contributed by atoms with Crippen molar-refractivity contribution in [2.75, 3.05) is 13.1 Å². The quantitative estimate of drug-likeness (QED) is 0.842. The molecular formula is C13H15ClN2O2. The van der Waals surface area contributed by atoms with Gasteiger partial charge in [0.05, 0.1) is 6.54 Å². The average Bonchev–Trinajstić information content (AvgIpc) is 3.12. The second-order valence-electron chi connectivity index (χ2n) is 4.89. The Morgan fingerprint density at radius 3 is 3.00 bits per heavy atom. The molecule has 3 rings (SSSR count). The lowest BCUT2D eigenvalue weighted by molar-refractivity contribution is -0.131. The fraction of sp³-hybridized carbons (Fsp3) is 0.538. The van der Waals surface area contributed by atoms with Crippen LogP contribution in [0.4, 0.5) is 0 Å². The normalized spacial score (nSPS) is 23.2. The summed E-state index contributed by atoms with van der Waals surface area (Å²) in [6.07, 6.45) is 6.25. The van der Waals surface area contributed by atoms with E-state index in [1.807, 2.05) is 4.90 Å². The topological polar surface area (TPSA) is 42.4 Å². The predicted octanol–water partition coefficient (Wildman–Crippen LogP) is 2.12. The lowest BCUT2D eigenvalue weighted by Crippen LogP contribution is -2.31. The first kappa shape index (κ1) is 11.8. The van der Waals surface area contributed by atoms with Crippen molar-refractivity contribution in [1.29, 1.82) is 0 Å². The van der Waals surface area contributed by atoms with E-state index in [0.717, 1.165) is 25.8 Å². The predicted molar refractivity (Wildman–Crippen MR) is 67.6 cm³/mol. The minimum Gasteiger partial charge on any atom is -0.487 e. The SMILES string of the molecule is O=C(C1CC1)N1CC[C@H](Oc2ccncc2Cl)C1. The molecule has 2 fully saturated rings. The molecular weight excluding hydrogens is 252 g/mol. The number of rotatable bonds is 3. The Bertz CT molecular complexity index is 462. The van der Waals surface area contributed by atoms with Gasteiger partial charge in [-0.15, -0.1) is 0 Å². The van der Waals surface area contributed by atoms with Crippen molar-refractivity contribution in [3.63, 3.8) is 0 Å². The van der Waals surface area contributed by atoms with Gasteiger partial charge in [0, 0.05) is 37.3 Å². The van der Waals surface area contributed by atoms with Crippen LogP contribution in [0.2, 0.25) is 5.02 Å². The summed E-state index contributed by atoms with van der Waals surface area (Å²) in [5.74, 6) is 1.23. The molecule has 1 amide bonds. The van der Waals surface area contributed by atoms with Gasteiger partial charge < -0.3 is 9.64 Å². The highest BCUT2D eigenvalue weighted by Gasteiger charge is 2.37. The maximum Gasteiger partial charge on any atom is 0.225 e. The van der Waals surface area contributed by atoms with E-state index in [4.69, 9.17) is 16.3 Å². The van der Waals surface area contributed by atoms with Crippen LogP contribution < -0.4 is 4.74 Å². The highest BCUT2D eigenvalue weighted by Crippen LogP contribution is 2.33. The van der Waals surface area contributed by atoms with E-state index >= 15 is 0 Å². The van der Waals surface area contributed by atoms with Crippen LogP contribution >= 0.6 is 11.6 Å². The zero-order valence-electron chi connectivity index (χ0n) is 10.0. The van der Waals surface area contributed by atoms with Crippen molar-refractivity contribution in [2.45, 2.75) is 25.4 Å². The number of nitrogens with zero attached hydrogens (tertiary/aromatic N) is 2. The number of carbonyl (C=O) groups is 1. The lowest BCUT2D eigenvalue weighted by Gasteiger charge is -2.17. The number of likely N-dealkylation sites (tertiary alicyclic amines) is 1. The molecule has 2 aliphatic rings. The molecule has 1 saturated heterocycles. The van der Waals surface area contributed by atoms with Gasteiger partial charge in [0.1, 0.15) is 16.9 Å². The standard InChI is InChI=1S/C13H15ClN2O2/c14-11-7-15-5-3-12(11)18-10-4-6-16(8-10)13(17)9-1-2-9/h3,5,7,9-10H,1-2,4,6,8H2/t10-/m0/s1. The van der Waals surface area contributed by atoms with E-state index in [2.05, 4.69) is 4.98 Å². The first-order valence-electron chi connectivity index (χ1n) is 6.29. The van der Waals surface area contributed by atoms with Crippen molar-refractivity contribution in [1.82, 2.24) is 9.88 Å². The number of hydrogen-bond acceptors (Lipinski definition) is 3. The van der Waals surface area contributed by atoms with Crippen molar-refractivity contribution < 1.29 is 9.53 Å². The Balaban J connectivity index is 1.59. The average molecular weight is 267 g/mol. The summed E-state index contributed by atoms with van der Waals surface area (Å²) in [7, 11) is 0. The first-order valence-corrected chi connectivity index (χ1v) is 6.67. The number of hydrogen-bond donors (Lipinski definition) is 0. The summed E-state index contributed by atoms with van der Waals surface area (Å²) in [5.41, 5.74) is 0. The maximum atomic E-state index is 11.9. The molecule has 1 atom stereocenters. The van der Waals surface area contributed by atoms with Gasteiger partial charge >= 0.3 is 0 Å². The van der Waals surface area contributed by atoms with Crippen LogP contribution in [0.1, 0.15) is 19.3 Å². The smallest absolute Gasteiger partial charge is 0.225 e. The van der Waals surface area contributed by atoms with Gasteiger partial charge in [0.2, 0.25) is 5.91 Å². The van der Waals surface area contributed by atoms with Crippen molar-refractivity contribution in [3.8, 4) is 5.75 Å². The molecule has 2 heterocycles. The Labute approximate surface area is 111 Å². The molecule has 1 aromatic rings. The molecule has 4 nitrogen and oxygen atoms in total. The van der Waals surface area contributed by atoms with Crippen LogP contribution in [0.25, 0.3) is 0 Å². The van der Waals surface area contributed by atoms with Crippen LogP contribution in [0.15, 0.2) is 18.5 Å². The third kappa shape index (κ3) is 2.43. The molecule has 1 aliphatic carbocycles. The van der Waals surface area contributed by atoms with E-state index in [9.17, 15) is 4.79 Å². The summed E-state index contributed by atoms with van der Waals surface area (Å²) in [5, 5.41) is 0.518. The highest BCUT2D eigenvalue weighted by atomic mass is 35.5. The van der Waals surface area contributed by atoms with Gasteiger partial charge in [-0.2, -0.15) is 0 Å². The third-order valence-electron chi connectivity index (χ3n) is 3.41. The van der Waals surface area contributed by atoms with Crippen LogP contribution in [-0.2, 0) is 4.79 Å². The molecule has 0 unspecified atom stereocenters. The van der Waals surface area contributed by atoms with Crippen LogP contribution in [0.5, 0.6) is 5.75 Å². The van der Waals surface area contributed by atoms with E-state index in [1.165, 1.54) is 0 Å². The minimum atomic E-state index is 0.0487. The number of aromatic nitrogens is 1. The van der Waals surface area contributed by atoms with E-state index in [0.29, 0.717) is 23.2 Å². The number of amides is 1. The first-order chi connectivity index (χ1) is 8.74. The maximum absolute atomic E-state index is 11.9. The number of pyridine rings is 1. The van der Waals surface area contributed by atoms with Gasteiger partial charge in [-0.1, -0.05) is 11.6 Å². The molecule has 1 saturated carbocycles. The Kier molecular flexibility index (Phi) is 3.12.